The summed E-state index contributed by atoms with van der Waals surface area (Å²) >= 11 is 0. The van der Waals surface area contributed by atoms with Crippen molar-refractivity contribution in [2.45, 2.75) is 66.5 Å². The van der Waals surface area contributed by atoms with E-state index in [-0.39, 0.29) is 17.5 Å². The lowest BCUT2D eigenvalue weighted by Crippen LogP contribution is -2.61. The number of amides is 1. The summed E-state index contributed by atoms with van der Waals surface area (Å²) < 4.78 is 0. The Balaban J connectivity index is 2.64. The maximum atomic E-state index is 12.5. The van der Waals surface area contributed by atoms with E-state index in [1.165, 1.54) is 19.3 Å². The molecule has 1 fully saturated rings. The molecule has 0 aromatic rings. The predicted octanol–water partition coefficient (Wildman–Crippen LogP) is 3.25. The molecule has 3 atom stereocenters. The second-order valence-electron chi connectivity index (χ2n) is 7.12. The molecule has 1 saturated heterocycles. The van der Waals surface area contributed by atoms with Crippen LogP contribution in [0.15, 0.2) is 0 Å². The molecule has 1 rings (SSSR count). The van der Waals surface area contributed by atoms with Gasteiger partial charge in [0.05, 0.1) is 12.1 Å². The Labute approximate surface area is 119 Å². The Morgan fingerprint density at radius 2 is 2.00 bits per heavy atom. The summed E-state index contributed by atoms with van der Waals surface area (Å²) in [6.07, 6.45) is 4.84. The number of rotatable bonds is 5. The van der Waals surface area contributed by atoms with Gasteiger partial charge in [-0.3, -0.25) is 10.1 Å². The summed E-state index contributed by atoms with van der Waals surface area (Å²) in [6, 6.07) is 0. The normalized spacial score (nSPS) is 26.6. The molecule has 0 aromatic heterocycles. The molecule has 1 heterocycles. The lowest BCUT2D eigenvalue weighted by Gasteiger charge is -2.45. The molecule has 0 spiro atoms. The third-order valence-electron chi connectivity index (χ3n) is 4.35. The van der Waals surface area contributed by atoms with Crippen molar-refractivity contribution in [2.24, 2.45) is 17.3 Å². The van der Waals surface area contributed by atoms with Gasteiger partial charge in [-0.25, -0.2) is 0 Å². The van der Waals surface area contributed by atoms with Crippen molar-refractivity contribution >= 4 is 5.91 Å². The number of hydrogen-bond donors (Lipinski definition) is 1. The minimum Gasteiger partial charge on any atom is -0.329 e. The van der Waals surface area contributed by atoms with E-state index >= 15 is 0 Å². The summed E-state index contributed by atoms with van der Waals surface area (Å²) in [4.78, 5) is 14.4. The van der Waals surface area contributed by atoms with E-state index in [1.807, 2.05) is 11.9 Å². The Kier molecular flexibility index (Phi) is 5.84. The number of hydrogen-bond acceptors (Lipinski definition) is 2. The smallest absolute Gasteiger partial charge is 0.227 e. The highest BCUT2D eigenvalue weighted by Crippen LogP contribution is 2.29. The summed E-state index contributed by atoms with van der Waals surface area (Å²) in [6.45, 7) is 11.8. The Bertz CT molecular complexity index is 296. The Morgan fingerprint density at radius 3 is 2.47 bits per heavy atom. The molecule has 0 unspecified atom stereocenters. The van der Waals surface area contributed by atoms with E-state index in [9.17, 15) is 4.79 Å². The first-order chi connectivity index (χ1) is 8.81. The molecule has 0 aromatic carbocycles. The number of carbonyl (C=O) groups excluding carboxylic acids is 1. The van der Waals surface area contributed by atoms with E-state index < -0.39 is 0 Å². The highest BCUT2D eigenvalue weighted by atomic mass is 16.2. The lowest BCUT2D eigenvalue weighted by molar-refractivity contribution is -0.144. The fraction of sp³-hybridized carbons (Fsp3) is 0.938. The monoisotopic (exact) mass is 268 g/mol. The van der Waals surface area contributed by atoms with Crippen molar-refractivity contribution in [1.29, 1.82) is 0 Å². The molecule has 1 N–H and O–H groups in total. The zero-order valence-corrected chi connectivity index (χ0v) is 13.6. The molecule has 0 radical (unpaired) electrons. The van der Waals surface area contributed by atoms with Crippen LogP contribution in [-0.4, -0.2) is 30.6 Å². The van der Waals surface area contributed by atoms with Crippen LogP contribution in [0.3, 0.4) is 0 Å². The van der Waals surface area contributed by atoms with Gasteiger partial charge in [-0.1, -0.05) is 53.9 Å². The molecular weight excluding hydrogens is 236 g/mol. The highest BCUT2D eigenvalue weighted by molar-refractivity contribution is 5.80. The third kappa shape index (κ3) is 4.20. The van der Waals surface area contributed by atoms with Gasteiger partial charge in [0.1, 0.15) is 0 Å². The second-order valence-corrected chi connectivity index (χ2v) is 7.12. The zero-order valence-electron chi connectivity index (χ0n) is 13.6. The summed E-state index contributed by atoms with van der Waals surface area (Å²) in [7, 11) is 1.94. The fourth-order valence-corrected chi connectivity index (χ4v) is 3.26. The first-order valence-corrected chi connectivity index (χ1v) is 7.81. The van der Waals surface area contributed by atoms with Crippen molar-refractivity contribution in [2.75, 3.05) is 13.6 Å². The van der Waals surface area contributed by atoms with Crippen molar-refractivity contribution in [1.82, 2.24) is 10.2 Å². The standard InChI is InChI=1S/C16H32N2O/c1-7-9-12(8-2)10-13-11-17-15(16(3,4)5)18(6)14(13)19/h12-13,15,17H,7-11H2,1-6H3/t12-,13+,15-/m0/s1. The van der Waals surface area contributed by atoms with Gasteiger partial charge in [-0.2, -0.15) is 0 Å². The summed E-state index contributed by atoms with van der Waals surface area (Å²) in [5.41, 5.74) is 0.0863. The van der Waals surface area contributed by atoms with Crippen molar-refractivity contribution in [3.05, 3.63) is 0 Å². The van der Waals surface area contributed by atoms with Crippen LogP contribution in [0.2, 0.25) is 0 Å². The summed E-state index contributed by atoms with van der Waals surface area (Å²) in [5, 5.41) is 3.57. The SMILES string of the molecule is CCC[C@H](CC)C[C@@H]1CN[C@H](C(C)(C)C)N(C)C1=O. The van der Waals surface area contributed by atoms with Crippen molar-refractivity contribution in [3.8, 4) is 0 Å². The van der Waals surface area contributed by atoms with Crippen LogP contribution >= 0.6 is 0 Å². The zero-order chi connectivity index (χ0) is 14.6. The molecular formula is C16H32N2O. The molecule has 0 aliphatic carbocycles. The molecule has 3 heteroatoms. The highest BCUT2D eigenvalue weighted by Gasteiger charge is 2.38. The maximum absolute atomic E-state index is 12.5. The van der Waals surface area contributed by atoms with E-state index in [0.717, 1.165) is 13.0 Å². The average molecular weight is 268 g/mol. The maximum Gasteiger partial charge on any atom is 0.227 e. The molecule has 1 aliphatic rings. The van der Waals surface area contributed by atoms with Gasteiger partial charge in [0, 0.05) is 13.6 Å². The molecule has 1 amide bonds. The minimum absolute atomic E-state index is 0.0863. The van der Waals surface area contributed by atoms with E-state index in [2.05, 4.69) is 39.9 Å². The van der Waals surface area contributed by atoms with Gasteiger partial charge in [-0.15, -0.1) is 0 Å². The minimum atomic E-state index is 0.0863. The number of nitrogens with one attached hydrogen (secondary N) is 1. The van der Waals surface area contributed by atoms with Crippen molar-refractivity contribution in [3.63, 3.8) is 0 Å². The van der Waals surface area contributed by atoms with Crippen LogP contribution in [0.5, 0.6) is 0 Å². The second kappa shape index (κ2) is 6.74. The van der Waals surface area contributed by atoms with Gasteiger partial charge < -0.3 is 4.90 Å². The van der Waals surface area contributed by atoms with Gasteiger partial charge in [0.2, 0.25) is 5.91 Å². The topological polar surface area (TPSA) is 32.3 Å². The van der Waals surface area contributed by atoms with Crippen molar-refractivity contribution < 1.29 is 4.79 Å². The predicted molar refractivity (Wildman–Crippen MR) is 80.8 cm³/mol. The van der Waals surface area contributed by atoms with E-state index in [1.54, 1.807) is 0 Å². The van der Waals surface area contributed by atoms with Crippen LogP contribution in [0, 0.1) is 17.3 Å². The van der Waals surface area contributed by atoms with E-state index in [4.69, 9.17) is 0 Å². The van der Waals surface area contributed by atoms with Crippen LogP contribution in [0.4, 0.5) is 0 Å². The fourth-order valence-electron chi connectivity index (χ4n) is 3.26. The van der Waals surface area contributed by atoms with Gasteiger partial charge >= 0.3 is 0 Å². The van der Waals surface area contributed by atoms with Crippen LogP contribution in [0.1, 0.15) is 60.3 Å². The quantitative estimate of drug-likeness (QED) is 0.830. The Hall–Kier alpha value is -0.570. The molecule has 19 heavy (non-hydrogen) atoms. The van der Waals surface area contributed by atoms with E-state index in [0.29, 0.717) is 11.8 Å². The van der Waals surface area contributed by atoms with Crippen LogP contribution < -0.4 is 5.32 Å². The van der Waals surface area contributed by atoms with Gasteiger partial charge in [0.25, 0.3) is 0 Å². The average Bonchev–Trinajstić information content (AvgIpc) is 2.32. The number of nitrogens with zero attached hydrogens (tertiary/aromatic N) is 1. The lowest BCUT2D eigenvalue weighted by atomic mass is 9.84. The Morgan fingerprint density at radius 1 is 1.37 bits per heavy atom. The first-order valence-electron chi connectivity index (χ1n) is 7.81. The first kappa shape index (κ1) is 16.5. The van der Waals surface area contributed by atoms with Crippen LogP contribution in [0.25, 0.3) is 0 Å². The molecule has 0 saturated carbocycles. The summed E-state index contributed by atoms with van der Waals surface area (Å²) in [5.74, 6) is 1.19. The van der Waals surface area contributed by atoms with Gasteiger partial charge in [0.15, 0.2) is 0 Å². The molecule has 3 nitrogen and oxygen atoms in total. The number of carbonyl (C=O) groups is 1. The molecule has 0 bridgehead atoms. The third-order valence-corrected chi connectivity index (χ3v) is 4.35. The molecule has 1 aliphatic heterocycles. The largest absolute Gasteiger partial charge is 0.329 e. The van der Waals surface area contributed by atoms with Crippen LogP contribution in [-0.2, 0) is 4.79 Å². The van der Waals surface area contributed by atoms with Gasteiger partial charge in [-0.05, 0) is 17.8 Å². The molecule has 112 valence electrons.